The Bertz CT molecular complexity index is 478. The first-order valence-electron chi connectivity index (χ1n) is 5.27. The second-order valence-electron chi connectivity index (χ2n) is 4.00. The third-order valence-electron chi connectivity index (χ3n) is 2.73. The van der Waals surface area contributed by atoms with Gasteiger partial charge in [0.15, 0.2) is 0 Å². The van der Waals surface area contributed by atoms with Gasteiger partial charge in [0, 0.05) is 30.8 Å². The van der Waals surface area contributed by atoms with Crippen LogP contribution in [0.2, 0.25) is 0 Å². The number of primary amides is 1. The van der Waals surface area contributed by atoms with Crippen LogP contribution in [-0.4, -0.2) is 45.5 Å². The van der Waals surface area contributed by atoms with Crippen molar-refractivity contribution in [2.45, 2.75) is 6.42 Å². The Labute approximate surface area is 103 Å². The van der Waals surface area contributed by atoms with Crippen molar-refractivity contribution in [2.75, 3.05) is 11.4 Å². The summed E-state index contributed by atoms with van der Waals surface area (Å²) in [5.74, 6) is -1.23. The van der Waals surface area contributed by atoms with Crippen LogP contribution >= 0.6 is 0 Å². The van der Waals surface area contributed by atoms with Crippen LogP contribution in [0.25, 0.3) is 0 Å². The van der Waals surface area contributed by atoms with Gasteiger partial charge in [-0.1, -0.05) is 0 Å². The van der Waals surface area contributed by atoms with Crippen LogP contribution in [0.1, 0.15) is 6.42 Å². The molecule has 1 aromatic heterocycles. The zero-order chi connectivity index (χ0) is 13.3. The standard InChI is InChI=1S/C9H11BN4O4/c11-8(16)5-1-7(15)14(4-5)9-12-2-6(3-13-9)10(17)18/h2-3,5,17-18H,1,4H2,(H2,11,16). The van der Waals surface area contributed by atoms with Crippen molar-refractivity contribution < 1.29 is 19.6 Å². The van der Waals surface area contributed by atoms with Gasteiger partial charge < -0.3 is 15.8 Å². The molecule has 1 aliphatic rings. The summed E-state index contributed by atoms with van der Waals surface area (Å²) in [6, 6.07) is 0. The molecule has 18 heavy (non-hydrogen) atoms. The molecule has 0 aliphatic carbocycles. The minimum absolute atomic E-state index is 0.0447. The SMILES string of the molecule is NC(=O)C1CC(=O)N(c2ncc(B(O)O)cn2)C1. The molecule has 1 unspecified atom stereocenters. The van der Waals surface area contributed by atoms with Crippen LogP contribution in [-0.2, 0) is 9.59 Å². The molecule has 1 aliphatic heterocycles. The molecule has 2 rings (SSSR count). The molecular weight excluding hydrogens is 239 g/mol. The molecule has 1 aromatic rings. The largest absolute Gasteiger partial charge is 0.491 e. The second-order valence-corrected chi connectivity index (χ2v) is 4.00. The van der Waals surface area contributed by atoms with E-state index in [1.807, 2.05) is 0 Å². The van der Waals surface area contributed by atoms with Crippen molar-refractivity contribution in [2.24, 2.45) is 11.7 Å². The van der Waals surface area contributed by atoms with E-state index in [2.05, 4.69) is 9.97 Å². The lowest BCUT2D eigenvalue weighted by Gasteiger charge is -2.13. The van der Waals surface area contributed by atoms with Crippen LogP contribution in [0.4, 0.5) is 5.95 Å². The van der Waals surface area contributed by atoms with Gasteiger partial charge in [-0.15, -0.1) is 0 Å². The van der Waals surface area contributed by atoms with E-state index >= 15 is 0 Å². The first-order chi connectivity index (χ1) is 8.49. The molecule has 0 radical (unpaired) electrons. The molecule has 8 nitrogen and oxygen atoms in total. The summed E-state index contributed by atoms with van der Waals surface area (Å²) < 4.78 is 0. The average Bonchev–Trinajstić information content (AvgIpc) is 2.71. The van der Waals surface area contributed by atoms with Gasteiger partial charge in [0.1, 0.15) is 0 Å². The van der Waals surface area contributed by atoms with Crippen molar-refractivity contribution in [1.82, 2.24) is 9.97 Å². The van der Waals surface area contributed by atoms with Gasteiger partial charge in [0.25, 0.3) is 0 Å². The lowest BCUT2D eigenvalue weighted by molar-refractivity contribution is -0.123. The van der Waals surface area contributed by atoms with Gasteiger partial charge in [0.05, 0.1) is 5.92 Å². The van der Waals surface area contributed by atoms with E-state index in [0.717, 1.165) is 0 Å². The number of rotatable bonds is 3. The minimum atomic E-state index is -1.66. The fraction of sp³-hybridized carbons (Fsp3) is 0.333. The van der Waals surface area contributed by atoms with E-state index in [4.69, 9.17) is 15.8 Å². The molecule has 0 saturated carbocycles. The Balaban J connectivity index is 2.17. The van der Waals surface area contributed by atoms with E-state index in [-0.39, 0.29) is 30.3 Å². The fourth-order valence-corrected chi connectivity index (χ4v) is 1.70. The van der Waals surface area contributed by atoms with Gasteiger partial charge in [-0.05, 0) is 0 Å². The molecule has 0 spiro atoms. The highest BCUT2D eigenvalue weighted by Gasteiger charge is 2.35. The van der Waals surface area contributed by atoms with Gasteiger partial charge in [-0.25, -0.2) is 9.97 Å². The van der Waals surface area contributed by atoms with Crippen LogP contribution in [0.5, 0.6) is 0 Å². The van der Waals surface area contributed by atoms with Gasteiger partial charge in [-0.2, -0.15) is 0 Å². The number of carbonyl (C=O) groups excluding carboxylic acids is 2. The minimum Gasteiger partial charge on any atom is -0.423 e. The van der Waals surface area contributed by atoms with E-state index < -0.39 is 18.9 Å². The summed E-state index contributed by atoms with van der Waals surface area (Å²) in [7, 11) is -1.66. The highest BCUT2D eigenvalue weighted by atomic mass is 16.4. The number of hydrogen-bond donors (Lipinski definition) is 3. The van der Waals surface area contributed by atoms with Gasteiger partial charge in [0.2, 0.25) is 17.8 Å². The first-order valence-corrected chi connectivity index (χ1v) is 5.27. The molecule has 1 fully saturated rings. The third kappa shape index (κ3) is 2.31. The maximum atomic E-state index is 11.6. The summed E-state index contributed by atoms with van der Waals surface area (Å²) >= 11 is 0. The smallest absolute Gasteiger partial charge is 0.423 e. The summed E-state index contributed by atoms with van der Waals surface area (Å²) in [6.07, 6.45) is 2.46. The number of amides is 2. The Hall–Kier alpha value is -2.00. The maximum Gasteiger partial charge on any atom is 0.491 e. The summed E-state index contributed by atoms with van der Waals surface area (Å²) in [5, 5.41) is 17.8. The van der Waals surface area contributed by atoms with Crippen LogP contribution in [0, 0.1) is 5.92 Å². The van der Waals surface area contributed by atoms with Crippen LogP contribution < -0.4 is 16.1 Å². The highest BCUT2D eigenvalue weighted by Crippen LogP contribution is 2.20. The lowest BCUT2D eigenvalue weighted by atomic mass is 9.83. The molecular formula is C9H11BN4O4. The average molecular weight is 250 g/mol. The quantitative estimate of drug-likeness (QED) is 0.490. The molecule has 9 heteroatoms. The van der Waals surface area contributed by atoms with Gasteiger partial charge >= 0.3 is 7.12 Å². The second kappa shape index (κ2) is 4.71. The van der Waals surface area contributed by atoms with E-state index in [1.54, 1.807) is 0 Å². The van der Waals surface area contributed by atoms with Crippen LogP contribution in [0.3, 0.4) is 0 Å². The Morgan fingerprint density at radius 2 is 2.06 bits per heavy atom. The Kier molecular flexibility index (Phi) is 3.26. The molecule has 1 atom stereocenters. The van der Waals surface area contributed by atoms with Crippen molar-refractivity contribution in [3.63, 3.8) is 0 Å². The molecule has 0 bridgehead atoms. The molecule has 2 amide bonds. The Morgan fingerprint density at radius 3 is 2.50 bits per heavy atom. The summed E-state index contributed by atoms with van der Waals surface area (Å²) in [6.45, 7) is 0.148. The molecule has 0 aromatic carbocycles. The maximum absolute atomic E-state index is 11.6. The molecule has 1 saturated heterocycles. The van der Waals surface area contributed by atoms with Crippen LogP contribution in [0.15, 0.2) is 12.4 Å². The van der Waals surface area contributed by atoms with E-state index in [0.29, 0.717) is 0 Å². The topological polar surface area (TPSA) is 130 Å². The number of nitrogens with two attached hydrogens (primary N) is 1. The van der Waals surface area contributed by atoms with Crippen molar-refractivity contribution in [1.29, 1.82) is 0 Å². The summed E-state index contributed by atoms with van der Waals surface area (Å²) in [4.78, 5) is 31.6. The fourth-order valence-electron chi connectivity index (χ4n) is 1.70. The number of anilines is 1. The molecule has 94 valence electrons. The molecule has 2 heterocycles. The summed E-state index contributed by atoms with van der Waals surface area (Å²) in [5.41, 5.74) is 5.26. The first kappa shape index (κ1) is 12.5. The zero-order valence-corrected chi connectivity index (χ0v) is 9.35. The normalized spacial score (nSPS) is 19.1. The number of aromatic nitrogens is 2. The number of carbonyl (C=O) groups is 2. The molecule has 4 N–H and O–H groups in total. The number of hydrogen-bond acceptors (Lipinski definition) is 6. The van der Waals surface area contributed by atoms with Gasteiger partial charge in [-0.3, -0.25) is 14.5 Å². The third-order valence-corrected chi connectivity index (χ3v) is 2.73. The zero-order valence-electron chi connectivity index (χ0n) is 9.35. The van der Waals surface area contributed by atoms with Crippen molar-refractivity contribution in [3.05, 3.63) is 12.4 Å². The number of nitrogens with zero attached hydrogens (tertiary/aromatic N) is 3. The lowest BCUT2D eigenvalue weighted by Crippen LogP contribution is -2.33. The van der Waals surface area contributed by atoms with E-state index in [9.17, 15) is 9.59 Å². The Morgan fingerprint density at radius 1 is 1.44 bits per heavy atom. The van der Waals surface area contributed by atoms with E-state index in [1.165, 1.54) is 17.3 Å². The highest BCUT2D eigenvalue weighted by molar-refractivity contribution is 6.58. The monoisotopic (exact) mass is 250 g/mol. The van der Waals surface area contributed by atoms with Crippen molar-refractivity contribution in [3.8, 4) is 0 Å². The predicted octanol–water partition coefficient (Wildman–Crippen LogP) is -3.01. The predicted molar refractivity (Wildman–Crippen MR) is 61.5 cm³/mol. The van der Waals surface area contributed by atoms with Crippen molar-refractivity contribution >= 4 is 30.3 Å².